The van der Waals surface area contributed by atoms with E-state index >= 15 is 0 Å². The van der Waals surface area contributed by atoms with Gasteiger partial charge in [-0.05, 0) is 10.8 Å². The third kappa shape index (κ3) is 1.77. The van der Waals surface area contributed by atoms with Crippen molar-refractivity contribution in [2.75, 3.05) is 19.1 Å². The summed E-state index contributed by atoms with van der Waals surface area (Å²) in [5.41, 5.74) is 5.20. The van der Waals surface area contributed by atoms with Crippen LogP contribution in [-0.2, 0) is 4.18 Å². The molecule has 0 aliphatic rings. The predicted molar refractivity (Wildman–Crippen MR) is 49.6 cm³/mol. The first-order chi connectivity index (χ1) is 5.65. The Morgan fingerprint density at radius 1 is 1.67 bits per heavy atom. The molecule has 1 heterocycles. The third-order valence-electron chi connectivity index (χ3n) is 1.39. The van der Waals surface area contributed by atoms with Crippen molar-refractivity contribution in [2.24, 2.45) is 0 Å². The molecule has 0 aromatic carbocycles. The fourth-order valence-electron chi connectivity index (χ4n) is 0.658. The molecular weight excluding hydrogens is 178 g/mol. The van der Waals surface area contributed by atoms with Gasteiger partial charge in [-0.2, -0.15) is 0 Å². The third-order valence-corrected chi connectivity index (χ3v) is 2.68. The molecule has 0 spiro atoms. The van der Waals surface area contributed by atoms with Gasteiger partial charge in [0.15, 0.2) is 4.77 Å². The molecule has 0 aliphatic heterocycles. The molecule has 0 radical (unpaired) electrons. The van der Waals surface area contributed by atoms with Crippen LogP contribution in [0.1, 0.15) is 0 Å². The molecular formula is C6H11N3O2S. The van der Waals surface area contributed by atoms with E-state index in [1.807, 2.05) is 6.26 Å². The Morgan fingerprint density at radius 3 is 2.83 bits per heavy atom. The molecule has 1 aromatic heterocycles. The van der Waals surface area contributed by atoms with Gasteiger partial charge in [0.25, 0.3) is 5.56 Å². The number of nitrogen functional groups attached to an aromatic ring is 1. The van der Waals surface area contributed by atoms with E-state index in [-0.39, 0.29) is 11.2 Å². The number of nitrogens with two attached hydrogens (primary N) is 1. The van der Waals surface area contributed by atoms with Gasteiger partial charge in [0.1, 0.15) is 5.69 Å². The Balaban J connectivity index is 3.41. The number of H-pyrrole nitrogens is 2. The molecule has 0 fully saturated rings. The van der Waals surface area contributed by atoms with Crippen LogP contribution in [0, 0.1) is 4.77 Å². The molecule has 68 valence electrons. The first kappa shape index (κ1) is 9.08. The zero-order valence-electron chi connectivity index (χ0n) is 6.88. The Kier molecular flexibility index (Phi) is 2.72. The number of aromatic nitrogens is 2. The lowest BCUT2D eigenvalue weighted by Gasteiger charge is -1.98. The number of aromatic amines is 2. The van der Waals surface area contributed by atoms with Gasteiger partial charge < -0.3 is 19.9 Å². The van der Waals surface area contributed by atoms with Gasteiger partial charge in [-0.25, -0.2) is 0 Å². The smallest absolute Gasteiger partial charge is 0.274 e. The molecule has 0 saturated heterocycles. The zero-order valence-corrected chi connectivity index (χ0v) is 7.70. The van der Waals surface area contributed by atoms with Crippen molar-refractivity contribution in [1.82, 2.24) is 9.97 Å². The molecule has 5 nitrogen and oxygen atoms in total. The van der Waals surface area contributed by atoms with Crippen molar-refractivity contribution in [2.45, 2.75) is 0 Å². The number of rotatable bonds is 1. The van der Waals surface area contributed by atoms with E-state index in [1.165, 1.54) is 6.20 Å². The normalized spacial score (nSPS) is 14.3. The summed E-state index contributed by atoms with van der Waals surface area (Å²) in [5.74, 6) is 0. The average Bonchev–Trinajstić information content (AvgIpc) is 2.08. The van der Waals surface area contributed by atoms with Gasteiger partial charge in [0.2, 0.25) is 0 Å². The Hall–Kier alpha value is -1.01. The van der Waals surface area contributed by atoms with Crippen molar-refractivity contribution < 1.29 is 4.18 Å². The fourth-order valence-corrected chi connectivity index (χ4v) is 1.29. The maximum absolute atomic E-state index is 11.0. The van der Waals surface area contributed by atoms with Crippen LogP contribution in [0.15, 0.2) is 11.0 Å². The first-order valence-corrected chi connectivity index (χ1v) is 4.82. The minimum atomic E-state index is -0.426. The molecule has 12 heavy (non-hydrogen) atoms. The quantitative estimate of drug-likeness (QED) is 0.555. The average molecular weight is 189 g/mol. The summed E-state index contributed by atoms with van der Waals surface area (Å²) < 4.78 is 5.65. The van der Waals surface area contributed by atoms with E-state index in [1.54, 1.807) is 7.11 Å². The number of hydrogen-bond donors (Lipinski definition) is 3. The van der Waals surface area contributed by atoms with Gasteiger partial charge in [-0.15, -0.1) is 0 Å². The summed E-state index contributed by atoms with van der Waals surface area (Å²) in [7, 11) is 1.15. The van der Waals surface area contributed by atoms with Gasteiger partial charge in [0.05, 0.1) is 0 Å². The molecule has 4 N–H and O–H groups in total. The monoisotopic (exact) mass is 189 g/mol. The van der Waals surface area contributed by atoms with Crippen molar-refractivity contribution in [3.05, 3.63) is 21.3 Å². The lowest BCUT2D eigenvalue weighted by Crippen LogP contribution is -2.12. The SMILES string of the molecule is COS(C)=c1[nH]cc(N)c(=O)[nH]1. The van der Waals surface area contributed by atoms with Crippen molar-refractivity contribution in [3.8, 4) is 0 Å². The lowest BCUT2D eigenvalue weighted by atomic mass is 10.6. The highest BCUT2D eigenvalue weighted by atomic mass is 32.2. The largest absolute Gasteiger partial charge is 0.393 e. The number of hydrogen-bond acceptors (Lipinski definition) is 3. The van der Waals surface area contributed by atoms with Crippen LogP contribution in [0.5, 0.6) is 0 Å². The van der Waals surface area contributed by atoms with Crippen LogP contribution in [0.3, 0.4) is 0 Å². The van der Waals surface area contributed by atoms with Gasteiger partial charge in [-0.3, -0.25) is 4.79 Å². The van der Waals surface area contributed by atoms with Crippen molar-refractivity contribution >= 4 is 16.5 Å². The highest BCUT2D eigenvalue weighted by Gasteiger charge is 1.92. The Morgan fingerprint density at radius 2 is 2.33 bits per heavy atom. The summed E-state index contributed by atoms with van der Waals surface area (Å²) in [5, 5.41) is 0. The second-order valence-electron chi connectivity index (χ2n) is 2.15. The van der Waals surface area contributed by atoms with Gasteiger partial charge >= 0.3 is 0 Å². The Labute approximate surface area is 71.7 Å². The summed E-state index contributed by atoms with van der Waals surface area (Å²) in [6.07, 6.45) is 3.30. The second-order valence-corrected chi connectivity index (χ2v) is 3.80. The van der Waals surface area contributed by atoms with Gasteiger partial charge in [0, 0.05) is 19.6 Å². The second kappa shape index (κ2) is 3.59. The van der Waals surface area contributed by atoms with Gasteiger partial charge in [-0.1, -0.05) is 0 Å². The predicted octanol–water partition coefficient (Wildman–Crippen LogP) is 0.277. The number of nitrogens with one attached hydrogen (secondary N) is 2. The van der Waals surface area contributed by atoms with E-state index < -0.39 is 10.8 Å². The minimum absolute atomic E-state index is 0.173. The Bertz CT molecular complexity index is 392. The molecule has 1 rings (SSSR count). The summed E-state index contributed by atoms with van der Waals surface area (Å²) >= 11 is 0. The van der Waals surface area contributed by atoms with E-state index in [9.17, 15) is 4.79 Å². The standard InChI is InChI=1S/C6H11N3O2S/c1-11-12(2)6-8-3-4(7)5(10)9-6/h3,8H,7H2,1-2H3,(H,9,10). The van der Waals surface area contributed by atoms with E-state index in [0.717, 1.165) is 0 Å². The first-order valence-electron chi connectivity index (χ1n) is 3.26. The highest BCUT2D eigenvalue weighted by Crippen LogP contribution is 2.08. The summed E-state index contributed by atoms with van der Waals surface area (Å²) in [6, 6.07) is 0. The van der Waals surface area contributed by atoms with E-state index in [0.29, 0.717) is 4.77 Å². The number of anilines is 1. The highest BCUT2D eigenvalue weighted by molar-refractivity contribution is 8.04. The maximum Gasteiger partial charge on any atom is 0.274 e. The van der Waals surface area contributed by atoms with Crippen LogP contribution in [0.2, 0.25) is 0 Å². The lowest BCUT2D eigenvalue weighted by molar-refractivity contribution is 0.487. The van der Waals surface area contributed by atoms with Crippen LogP contribution >= 0.6 is 10.8 Å². The molecule has 1 aromatic rings. The van der Waals surface area contributed by atoms with E-state index in [4.69, 9.17) is 9.92 Å². The minimum Gasteiger partial charge on any atom is -0.393 e. The molecule has 6 heteroatoms. The molecule has 1 unspecified atom stereocenters. The van der Waals surface area contributed by atoms with Crippen molar-refractivity contribution in [3.63, 3.8) is 0 Å². The molecule has 0 aliphatic carbocycles. The van der Waals surface area contributed by atoms with Crippen molar-refractivity contribution in [1.29, 1.82) is 0 Å². The van der Waals surface area contributed by atoms with Crippen LogP contribution in [0.4, 0.5) is 5.69 Å². The molecule has 1 atom stereocenters. The molecule has 0 amide bonds. The fraction of sp³-hybridized carbons (Fsp3) is 0.333. The van der Waals surface area contributed by atoms with E-state index in [2.05, 4.69) is 9.97 Å². The summed E-state index contributed by atoms with van der Waals surface area (Å²) in [6.45, 7) is 0. The topological polar surface area (TPSA) is 83.9 Å². The van der Waals surface area contributed by atoms with Crippen LogP contribution in [0.25, 0.3) is 0 Å². The molecule has 0 saturated carbocycles. The van der Waals surface area contributed by atoms with Crippen LogP contribution in [-0.4, -0.2) is 23.3 Å². The van der Waals surface area contributed by atoms with Crippen LogP contribution < -0.4 is 11.3 Å². The molecule has 0 bridgehead atoms. The zero-order chi connectivity index (χ0) is 9.14. The summed E-state index contributed by atoms with van der Waals surface area (Å²) in [4.78, 5) is 16.4. The maximum atomic E-state index is 11.0.